The molecule has 0 radical (unpaired) electrons. The van der Waals surface area contributed by atoms with Crippen LogP contribution in [0.1, 0.15) is 5.82 Å². The van der Waals surface area contributed by atoms with E-state index in [1.807, 2.05) is 0 Å². The molecule has 0 aliphatic carbocycles. The normalized spacial score (nSPS) is 19.8. The SMILES string of the molecule is NCC1CN(Cc2noc(-c3ccc(F)cc3)n2)CCO1. The highest BCUT2D eigenvalue weighted by atomic mass is 19.1. The van der Waals surface area contributed by atoms with Crippen LogP contribution in [0.15, 0.2) is 28.8 Å². The third kappa shape index (κ3) is 3.44. The van der Waals surface area contributed by atoms with E-state index in [0.717, 1.165) is 13.1 Å². The number of morpholine rings is 1. The number of hydrogen-bond acceptors (Lipinski definition) is 6. The molecule has 1 unspecified atom stereocenters. The lowest BCUT2D eigenvalue weighted by Gasteiger charge is -2.31. The maximum absolute atomic E-state index is 12.9. The minimum atomic E-state index is -0.292. The highest BCUT2D eigenvalue weighted by Crippen LogP contribution is 2.18. The van der Waals surface area contributed by atoms with E-state index in [4.69, 9.17) is 15.0 Å². The number of hydrogen-bond donors (Lipinski definition) is 1. The Hall–Kier alpha value is -1.83. The van der Waals surface area contributed by atoms with Gasteiger partial charge in [0.05, 0.1) is 19.3 Å². The predicted octanol–water partition coefficient (Wildman–Crippen LogP) is 1.04. The number of rotatable bonds is 4. The molecule has 112 valence electrons. The predicted molar refractivity (Wildman–Crippen MR) is 73.8 cm³/mol. The van der Waals surface area contributed by atoms with Crippen molar-refractivity contribution in [1.82, 2.24) is 15.0 Å². The molecular weight excluding hydrogens is 275 g/mol. The van der Waals surface area contributed by atoms with E-state index < -0.39 is 0 Å². The zero-order valence-corrected chi connectivity index (χ0v) is 11.5. The lowest BCUT2D eigenvalue weighted by molar-refractivity contribution is -0.0269. The van der Waals surface area contributed by atoms with Crippen molar-refractivity contribution in [3.05, 3.63) is 35.9 Å². The highest BCUT2D eigenvalue weighted by molar-refractivity contribution is 5.52. The summed E-state index contributed by atoms with van der Waals surface area (Å²) in [4.78, 5) is 6.52. The highest BCUT2D eigenvalue weighted by Gasteiger charge is 2.21. The number of nitrogens with zero attached hydrogens (tertiary/aromatic N) is 3. The Labute approximate surface area is 121 Å². The molecule has 0 spiro atoms. The summed E-state index contributed by atoms with van der Waals surface area (Å²) in [5, 5.41) is 3.97. The van der Waals surface area contributed by atoms with Crippen LogP contribution in [0.4, 0.5) is 4.39 Å². The first kappa shape index (κ1) is 14.1. The standard InChI is InChI=1S/C14H17FN4O2/c15-11-3-1-10(2-4-11)14-17-13(18-21-14)9-19-5-6-20-12(7-16)8-19/h1-4,12H,5-9,16H2. The van der Waals surface area contributed by atoms with Crippen LogP contribution in [0.3, 0.4) is 0 Å². The smallest absolute Gasteiger partial charge is 0.257 e. The Morgan fingerprint density at radius 1 is 1.33 bits per heavy atom. The molecule has 1 fully saturated rings. The van der Waals surface area contributed by atoms with Gasteiger partial charge in [-0.15, -0.1) is 0 Å². The van der Waals surface area contributed by atoms with Gasteiger partial charge < -0.3 is 15.0 Å². The van der Waals surface area contributed by atoms with Crippen molar-refractivity contribution in [2.24, 2.45) is 5.73 Å². The maximum Gasteiger partial charge on any atom is 0.257 e. The molecule has 3 rings (SSSR count). The van der Waals surface area contributed by atoms with Crippen molar-refractivity contribution in [3.8, 4) is 11.5 Å². The van der Waals surface area contributed by atoms with Crippen LogP contribution in [0.2, 0.25) is 0 Å². The molecule has 1 aliphatic heterocycles. The summed E-state index contributed by atoms with van der Waals surface area (Å²) >= 11 is 0. The lowest BCUT2D eigenvalue weighted by Crippen LogP contribution is -2.45. The minimum Gasteiger partial charge on any atom is -0.374 e. The lowest BCUT2D eigenvalue weighted by atomic mass is 10.2. The van der Waals surface area contributed by atoms with Crippen LogP contribution in [-0.2, 0) is 11.3 Å². The fourth-order valence-electron chi connectivity index (χ4n) is 2.29. The van der Waals surface area contributed by atoms with Gasteiger partial charge in [0.15, 0.2) is 5.82 Å². The van der Waals surface area contributed by atoms with E-state index >= 15 is 0 Å². The molecule has 2 aromatic rings. The second-order valence-electron chi connectivity index (χ2n) is 4.99. The number of ether oxygens (including phenoxy) is 1. The van der Waals surface area contributed by atoms with Crippen molar-refractivity contribution < 1.29 is 13.7 Å². The van der Waals surface area contributed by atoms with Crippen LogP contribution < -0.4 is 5.73 Å². The van der Waals surface area contributed by atoms with Crippen LogP contribution in [0.25, 0.3) is 11.5 Å². The third-order valence-corrected chi connectivity index (χ3v) is 3.41. The summed E-state index contributed by atoms with van der Waals surface area (Å²) in [6.07, 6.45) is 0.0576. The van der Waals surface area contributed by atoms with Gasteiger partial charge in [0, 0.05) is 25.2 Å². The van der Waals surface area contributed by atoms with Gasteiger partial charge in [0.2, 0.25) is 0 Å². The summed E-state index contributed by atoms with van der Waals surface area (Å²) in [5.41, 5.74) is 6.32. The quantitative estimate of drug-likeness (QED) is 0.907. The Kier molecular flexibility index (Phi) is 4.23. The molecule has 1 saturated heterocycles. The molecule has 6 nitrogen and oxygen atoms in total. The fraction of sp³-hybridized carbons (Fsp3) is 0.429. The zero-order valence-electron chi connectivity index (χ0n) is 11.5. The van der Waals surface area contributed by atoms with Crippen molar-refractivity contribution in [3.63, 3.8) is 0 Å². The van der Waals surface area contributed by atoms with Crippen molar-refractivity contribution in [2.75, 3.05) is 26.2 Å². The average Bonchev–Trinajstić information content (AvgIpc) is 2.96. The fourth-order valence-corrected chi connectivity index (χ4v) is 2.29. The molecule has 1 aromatic carbocycles. The van der Waals surface area contributed by atoms with Gasteiger partial charge in [-0.3, -0.25) is 4.90 Å². The summed E-state index contributed by atoms with van der Waals surface area (Å²) < 4.78 is 23.6. The molecule has 0 amide bonds. The van der Waals surface area contributed by atoms with Gasteiger partial charge in [-0.05, 0) is 24.3 Å². The van der Waals surface area contributed by atoms with Crippen LogP contribution >= 0.6 is 0 Å². The van der Waals surface area contributed by atoms with E-state index in [2.05, 4.69) is 15.0 Å². The summed E-state index contributed by atoms with van der Waals surface area (Å²) in [7, 11) is 0. The van der Waals surface area contributed by atoms with E-state index in [0.29, 0.717) is 37.0 Å². The number of nitrogens with two attached hydrogens (primary N) is 1. The second-order valence-corrected chi connectivity index (χ2v) is 4.99. The summed E-state index contributed by atoms with van der Waals surface area (Å²) in [5.74, 6) is 0.709. The molecule has 0 bridgehead atoms. The number of benzene rings is 1. The van der Waals surface area contributed by atoms with Crippen LogP contribution in [0.5, 0.6) is 0 Å². The van der Waals surface area contributed by atoms with Gasteiger partial charge in [-0.25, -0.2) is 4.39 Å². The molecule has 1 aromatic heterocycles. The van der Waals surface area contributed by atoms with Gasteiger partial charge in [-0.1, -0.05) is 5.16 Å². The van der Waals surface area contributed by atoms with E-state index in [1.165, 1.54) is 12.1 Å². The first-order valence-corrected chi connectivity index (χ1v) is 6.87. The summed E-state index contributed by atoms with van der Waals surface area (Å²) in [6, 6.07) is 5.97. The first-order chi connectivity index (χ1) is 10.2. The Bertz CT molecular complexity index is 587. The Balaban J connectivity index is 1.66. The molecule has 0 saturated carbocycles. The van der Waals surface area contributed by atoms with E-state index in [-0.39, 0.29) is 11.9 Å². The van der Waals surface area contributed by atoms with Crippen molar-refractivity contribution in [2.45, 2.75) is 12.6 Å². The van der Waals surface area contributed by atoms with E-state index in [1.54, 1.807) is 12.1 Å². The van der Waals surface area contributed by atoms with Gasteiger partial charge in [0.25, 0.3) is 5.89 Å². The topological polar surface area (TPSA) is 77.4 Å². The Morgan fingerprint density at radius 3 is 2.90 bits per heavy atom. The van der Waals surface area contributed by atoms with E-state index in [9.17, 15) is 4.39 Å². The van der Waals surface area contributed by atoms with Crippen LogP contribution in [0, 0.1) is 5.82 Å². The first-order valence-electron chi connectivity index (χ1n) is 6.87. The number of aromatic nitrogens is 2. The van der Waals surface area contributed by atoms with Crippen molar-refractivity contribution >= 4 is 0 Å². The molecular formula is C14H17FN4O2. The molecule has 21 heavy (non-hydrogen) atoms. The molecule has 2 N–H and O–H groups in total. The monoisotopic (exact) mass is 292 g/mol. The second kappa shape index (κ2) is 6.30. The van der Waals surface area contributed by atoms with Gasteiger partial charge >= 0.3 is 0 Å². The zero-order chi connectivity index (χ0) is 14.7. The average molecular weight is 292 g/mol. The molecule has 1 aliphatic rings. The van der Waals surface area contributed by atoms with Crippen molar-refractivity contribution in [1.29, 1.82) is 0 Å². The van der Waals surface area contributed by atoms with Gasteiger partial charge in [0.1, 0.15) is 5.82 Å². The van der Waals surface area contributed by atoms with Gasteiger partial charge in [-0.2, -0.15) is 4.98 Å². The maximum atomic E-state index is 12.9. The minimum absolute atomic E-state index is 0.0576. The molecule has 1 atom stereocenters. The Morgan fingerprint density at radius 2 is 2.14 bits per heavy atom. The van der Waals surface area contributed by atoms with Crippen LogP contribution in [-0.4, -0.2) is 47.4 Å². The summed E-state index contributed by atoms with van der Waals surface area (Å²) in [6.45, 7) is 3.33. The third-order valence-electron chi connectivity index (χ3n) is 3.41. The molecule has 7 heteroatoms. The largest absolute Gasteiger partial charge is 0.374 e. The number of halogens is 1. The molecule has 2 heterocycles.